The molecule has 0 unspecified atom stereocenters. The summed E-state index contributed by atoms with van der Waals surface area (Å²) in [5.74, 6) is -1.56. The summed E-state index contributed by atoms with van der Waals surface area (Å²) >= 11 is 0. The van der Waals surface area contributed by atoms with Crippen molar-refractivity contribution in [3.05, 3.63) is 71.6 Å². The first kappa shape index (κ1) is 15.7. The normalized spacial score (nSPS) is 10.6. The van der Waals surface area contributed by atoms with Crippen LogP contribution in [0, 0.1) is 11.6 Å². The van der Waals surface area contributed by atoms with Gasteiger partial charge in [0.15, 0.2) is 0 Å². The van der Waals surface area contributed by atoms with Crippen molar-refractivity contribution in [2.24, 2.45) is 0 Å². The molecule has 0 fully saturated rings. The molecule has 24 heavy (non-hydrogen) atoms. The van der Waals surface area contributed by atoms with E-state index in [0.717, 1.165) is 6.07 Å². The molecule has 2 aromatic carbocycles. The van der Waals surface area contributed by atoms with Crippen LogP contribution in [0.1, 0.15) is 15.9 Å². The number of rotatable bonds is 5. The highest BCUT2D eigenvalue weighted by Crippen LogP contribution is 2.10. The Morgan fingerprint density at radius 2 is 1.92 bits per heavy atom. The number of carbonyl (C=O) groups excluding carboxylic acids is 1. The van der Waals surface area contributed by atoms with E-state index in [1.165, 1.54) is 23.1 Å². The van der Waals surface area contributed by atoms with Gasteiger partial charge in [-0.25, -0.2) is 13.5 Å². The van der Waals surface area contributed by atoms with E-state index in [9.17, 15) is 13.6 Å². The van der Waals surface area contributed by atoms with Crippen LogP contribution >= 0.6 is 0 Å². The number of carbonyl (C=O) groups is 1. The maximum atomic E-state index is 13.1. The molecule has 3 aromatic rings. The van der Waals surface area contributed by atoms with Gasteiger partial charge in [0.2, 0.25) is 0 Å². The zero-order valence-electron chi connectivity index (χ0n) is 12.5. The lowest BCUT2D eigenvalue weighted by molar-refractivity contribution is 0.0954. The van der Waals surface area contributed by atoms with Crippen LogP contribution in [0.4, 0.5) is 8.78 Å². The van der Waals surface area contributed by atoms with Gasteiger partial charge in [0, 0.05) is 18.2 Å². The van der Waals surface area contributed by atoms with Crippen LogP contribution in [-0.2, 0) is 6.42 Å². The third-order valence-corrected chi connectivity index (χ3v) is 3.34. The van der Waals surface area contributed by atoms with Crippen molar-refractivity contribution >= 4 is 5.91 Å². The van der Waals surface area contributed by atoms with E-state index in [-0.39, 0.29) is 12.5 Å². The van der Waals surface area contributed by atoms with Gasteiger partial charge in [0.25, 0.3) is 5.91 Å². The first-order valence-corrected chi connectivity index (χ1v) is 7.18. The predicted octanol–water partition coefficient (Wildman–Crippen LogP) is 1.91. The summed E-state index contributed by atoms with van der Waals surface area (Å²) in [5, 5.41) is 13.6. The number of nitrogens with zero attached hydrogens (tertiary/aromatic N) is 4. The van der Waals surface area contributed by atoms with Crippen LogP contribution in [0.15, 0.2) is 48.8 Å². The van der Waals surface area contributed by atoms with Crippen molar-refractivity contribution in [3.63, 3.8) is 0 Å². The summed E-state index contributed by atoms with van der Waals surface area (Å²) < 4.78 is 27.7. The molecule has 8 heteroatoms. The van der Waals surface area contributed by atoms with E-state index in [0.29, 0.717) is 23.2 Å². The molecule has 3 rings (SSSR count). The lowest BCUT2D eigenvalue weighted by atomic mass is 10.1. The topological polar surface area (TPSA) is 72.7 Å². The summed E-state index contributed by atoms with van der Waals surface area (Å²) in [4.78, 5) is 12.2. The summed E-state index contributed by atoms with van der Waals surface area (Å²) in [6.45, 7) is 0.261. The molecule has 1 amide bonds. The van der Waals surface area contributed by atoms with E-state index < -0.39 is 11.6 Å². The van der Waals surface area contributed by atoms with Crippen LogP contribution in [0.25, 0.3) is 5.69 Å². The average Bonchev–Trinajstić information content (AvgIpc) is 3.08. The van der Waals surface area contributed by atoms with E-state index in [2.05, 4.69) is 20.8 Å². The van der Waals surface area contributed by atoms with Crippen molar-refractivity contribution in [3.8, 4) is 5.69 Å². The summed E-state index contributed by atoms with van der Waals surface area (Å²) in [6.07, 6.45) is 1.75. The molecule has 0 aliphatic carbocycles. The minimum Gasteiger partial charge on any atom is -0.352 e. The van der Waals surface area contributed by atoms with E-state index in [1.807, 2.05) is 0 Å². The Kier molecular flexibility index (Phi) is 4.55. The SMILES string of the molecule is O=C(NCCc1cc(F)cc(F)c1)c1cccc(-n2cnnn2)c1. The molecule has 1 aromatic heterocycles. The Hall–Kier alpha value is -3.16. The minimum atomic E-state index is -0.634. The lowest BCUT2D eigenvalue weighted by Gasteiger charge is -2.07. The number of benzene rings is 2. The van der Waals surface area contributed by atoms with Gasteiger partial charge in [-0.15, -0.1) is 5.10 Å². The van der Waals surface area contributed by atoms with Crippen LogP contribution < -0.4 is 5.32 Å². The number of aromatic nitrogens is 4. The number of halogens is 2. The number of amides is 1. The molecule has 6 nitrogen and oxygen atoms in total. The molecule has 0 spiro atoms. The van der Waals surface area contributed by atoms with E-state index in [1.54, 1.807) is 24.3 Å². The number of tetrazole rings is 1. The summed E-state index contributed by atoms with van der Waals surface area (Å²) in [6, 6.07) is 10.1. The van der Waals surface area contributed by atoms with Gasteiger partial charge >= 0.3 is 0 Å². The van der Waals surface area contributed by atoms with Crippen LogP contribution in [0.2, 0.25) is 0 Å². The second-order valence-electron chi connectivity index (χ2n) is 5.09. The molecule has 1 heterocycles. The molecule has 122 valence electrons. The Morgan fingerprint density at radius 1 is 1.12 bits per heavy atom. The second kappa shape index (κ2) is 6.95. The van der Waals surface area contributed by atoms with Crippen molar-refractivity contribution in [2.75, 3.05) is 6.54 Å². The Morgan fingerprint density at radius 3 is 2.62 bits per heavy atom. The van der Waals surface area contributed by atoms with Gasteiger partial charge in [-0.3, -0.25) is 4.79 Å². The van der Waals surface area contributed by atoms with Crippen LogP contribution in [0.5, 0.6) is 0 Å². The van der Waals surface area contributed by atoms with Crippen LogP contribution in [-0.4, -0.2) is 32.7 Å². The Bertz CT molecular complexity index is 831. The summed E-state index contributed by atoms with van der Waals surface area (Å²) in [7, 11) is 0. The molecular weight excluding hydrogens is 316 g/mol. The van der Waals surface area contributed by atoms with Crippen molar-refractivity contribution in [2.45, 2.75) is 6.42 Å². The largest absolute Gasteiger partial charge is 0.352 e. The smallest absolute Gasteiger partial charge is 0.251 e. The van der Waals surface area contributed by atoms with Gasteiger partial charge in [-0.1, -0.05) is 6.07 Å². The number of nitrogens with one attached hydrogen (secondary N) is 1. The third-order valence-electron chi connectivity index (χ3n) is 3.34. The lowest BCUT2D eigenvalue weighted by Crippen LogP contribution is -2.25. The molecule has 0 saturated heterocycles. The molecule has 0 aliphatic heterocycles. The molecule has 0 bridgehead atoms. The first-order chi connectivity index (χ1) is 11.6. The van der Waals surface area contributed by atoms with Crippen molar-refractivity contribution in [1.29, 1.82) is 0 Å². The molecule has 1 N–H and O–H groups in total. The first-order valence-electron chi connectivity index (χ1n) is 7.18. The van der Waals surface area contributed by atoms with Crippen molar-refractivity contribution < 1.29 is 13.6 Å². The van der Waals surface area contributed by atoms with E-state index >= 15 is 0 Å². The fourth-order valence-corrected chi connectivity index (χ4v) is 2.25. The molecule has 0 radical (unpaired) electrons. The van der Waals surface area contributed by atoms with Crippen molar-refractivity contribution in [1.82, 2.24) is 25.5 Å². The van der Waals surface area contributed by atoms with Gasteiger partial charge in [0.1, 0.15) is 18.0 Å². The summed E-state index contributed by atoms with van der Waals surface area (Å²) in [5.41, 5.74) is 1.57. The second-order valence-corrected chi connectivity index (χ2v) is 5.09. The quantitative estimate of drug-likeness (QED) is 0.776. The monoisotopic (exact) mass is 329 g/mol. The van der Waals surface area contributed by atoms with E-state index in [4.69, 9.17) is 0 Å². The van der Waals surface area contributed by atoms with Gasteiger partial charge < -0.3 is 5.32 Å². The maximum Gasteiger partial charge on any atom is 0.251 e. The third kappa shape index (κ3) is 3.78. The number of hydrogen-bond donors (Lipinski definition) is 1. The molecule has 0 aliphatic rings. The van der Waals surface area contributed by atoms with Crippen LogP contribution in [0.3, 0.4) is 0 Å². The zero-order chi connectivity index (χ0) is 16.9. The average molecular weight is 329 g/mol. The molecule has 0 saturated carbocycles. The highest BCUT2D eigenvalue weighted by molar-refractivity contribution is 5.94. The fraction of sp³-hybridized carbons (Fsp3) is 0.125. The molecular formula is C16H13F2N5O. The zero-order valence-corrected chi connectivity index (χ0v) is 12.5. The van der Waals surface area contributed by atoms with Gasteiger partial charge in [0.05, 0.1) is 5.69 Å². The predicted molar refractivity (Wildman–Crippen MR) is 81.5 cm³/mol. The fourth-order valence-electron chi connectivity index (χ4n) is 2.25. The standard InChI is InChI=1S/C16H13F2N5O/c17-13-6-11(7-14(18)9-13)4-5-19-16(24)12-2-1-3-15(8-12)23-10-20-21-22-23/h1-3,6-10H,4-5H2,(H,19,24). The van der Waals surface area contributed by atoms with Gasteiger partial charge in [-0.05, 0) is 52.7 Å². The number of hydrogen-bond acceptors (Lipinski definition) is 4. The Labute approximate surface area is 136 Å². The molecule has 0 atom stereocenters. The maximum absolute atomic E-state index is 13.1. The minimum absolute atomic E-state index is 0.261. The highest BCUT2D eigenvalue weighted by Gasteiger charge is 2.08. The van der Waals surface area contributed by atoms with Gasteiger partial charge in [-0.2, -0.15) is 0 Å². The Balaban J connectivity index is 1.62. The highest BCUT2D eigenvalue weighted by atomic mass is 19.1.